The zero-order valence-corrected chi connectivity index (χ0v) is 24.6. The predicted octanol–water partition coefficient (Wildman–Crippen LogP) is 8.45. The number of thiophene rings is 1. The van der Waals surface area contributed by atoms with Crippen LogP contribution in [0.15, 0.2) is 66.7 Å². The Bertz CT molecular complexity index is 1530. The smallest absolute Gasteiger partial charge is 0.407 e. The van der Waals surface area contributed by atoms with Crippen LogP contribution in [-0.4, -0.2) is 53.1 Å². The van der Waals surface area contributed by atoms with E-state index >= 15 is 0 Å². The van der Waals surface area contributed by atoms with E-state index in [1.807, 2.05) is 65.6 Å². The summed E-state index contributed by atoms with van der Waals surface area (Å²) in [7, 11) is 3.24. The quantitative estimate of drug-likeness (QED) is 0.232. The van der Waals surface area contributed by atoms with Gasteiger partial charge in [0.1, 0.15) is 10.6 Å². The van der Waals surface area contributed by atoms with Gasteiger partial charge in [-0.1, -0.05) is 59.6 Å². The van der Waals surface area contributed by atoms with Crippen LogP contribution in [-0.2, 0) is 6.54 Å². The average Bonchev–Trinajstić information content (AvgIpc) is 3.32. The fourth-order valence-electron chi connectivity index (χ4n) is 5.47. The predicted molar refractivity (Wildman–Crippen MR) is 162 cm³/mol. The molecule has 1 aliphatic carbocycles. The molecule has 9 heteroatoms. The zero-order chi connectivity index (χ0) is 28.4. The Morgan fingerprint density at radius 1 is 0.950 bits per heavy atom. The van der Waals surface area contributed by atoms with Crippen LogP contribution in [0.25, 0.3) is 21.2 Å². The van der Waals surface area contributed by atoms with Crippen LogP contribution in [0.4, 0.5) is 4.79 Å². The highest BCUT2D eigenvalue weighted by molar-refractivity contribution is 7.21. The van der Waals surface area contributed by atoms with Gasteiger partial charge < -0.3 is 19.6 Å². The van der Waals surface area contributed by atoms with Crippen molar-refractivity contribution in [3.05, 3.63) is 87.2 Å². The number of carbonyl (C=O) groups excluding carboxylic acids is 1. The maximum atomic E-state index is 14.2. The first-order valence-electron chi connectivity index (χ1n) is 13.1. The number of halogens is 2. The van der Waals surface area contributed by atoms with Crippen LogP contribution >= 0.6 is 34.5 Å². The van der Waals surface area contributed by atoms with E-state index in [9.17, 15) is 14.7 Å². The molecule has 0 bridgehead atoms. The third-order valence-electron chi connectivity index (χ3n) is 7.75. The second kappa shape index (κ2) is 12.1. The van der Waals surface area contributed by atoms with Crippen molar-refractivity contribution in [2.24, 2.45) is 0 Å². The molecule has 2 amide bonds. The molecule has 1 aliphatic rings. The fourth-order valence-corrected chi connectivity index (χ4v) is 7.06. The summed E-state index contributed by atoms with van der Waals surface area (Å²) in [6, 6.07) is 21.2. The first kappa shape index (κ1) is 28.3. The highest BCUT2D eigenvalue weighted by Gasteiger charge is 2.34. The topological polar surface area (TPSA) is 70.1 Å². The van der Waals surface area contributed by atoms with E-state index in [1.54, 1.807) is 14.2 Å². The average molecular weight is 598 g/mol. The zero-order valence-electron chi connectivity index (χ0n) is 22.3. The largest absolute Gasteiger partial charge is 0.496 e. The number of amides is 2. The molecule has 6 nitrogen and oxygen atoms in total. The Hall–Kier alpha value is -3.26. The molecule has 0 saturated heterocycles. The van der Waals surface area contributed by atoms with Crippen molar-refractivity contribution in [3.8, 4) is 16.9 Å². The van der Waals surface area contributed by atoms with Crippen molar-refractivity contribution in [1.82, 2.24) is 9.80 Å². The minimum absolute atomic E-state index is 0.0682. The Labute approximate surface area is 247 Å². The van der Waals surface area contributed by atoms with Gasteiger partial charge in [-0.2, -0.15) is 0 Å². The van der Waals surface area contributed by atoms with Crippen LogP contribution in [0, 0.1) is 0 Å². The second-order valence-electron chi connectivity index (χ2n) is 10.1. The molecule has 1 aromatic heterocycles. The molecule has 1 heterocycles. The van der Waals surface area contributed by atoms with Crippen LogP contribution in [0.2, 0.25) is 10.0 Å². The summed E-state index contributed by atoms with van der Waals surface area (Å²) in [6.45, 7) is 0.331. The Morgan fingerprint density at radius 2 is 1.60 bits per heavy atom. The summed E-state index contributed by atoms with van der Waals surface area (Å²) in [5, 5.41) is 11.5. The van der Waals surface area contributed by atoms with Gasteiger partial charge >= 0.3 is 6.09 Å². The maximum Gasteiger partial charge on any atom is 0.407 e. The second-order valence-corrected chi connectivity index (χ2v) is 11.9. The molecule has 1 saturated carbocycles. The molecule has 0 aliphatic heterocycles. The Morgan fingerprint density at radius 3 is 2.25 bits per heavy atom. The molecule has 5 rings (SSSR count). The highest BCUT2D eigenvalue weighted by atomic mass is 35.5. The minimum Gasteiger partial charge on any atom is -0.496 e. The third-order valence-corrected chi connectivity index (χ3v) is 9.66. The summed E-state index contributed by atoms with van der Waals surface area (Å²) >= 11 is 14.3. The normalized spacial score (nSPS) is 17.0. The molecule has 0 spiro atoms. The van der Waals surface area contributed by atoms with Crippen LogP contribution < -0.4 is 4.74 Å². The molecule has 40 heavy (non-hydrogen) atoms. The molecular weight excluding hydrogens is 567 g/mol. The summed E-state index contributed by atoms with van der Waals surface area (Å²) in [5.41, 5.74) is 2.88. The number of nitrogens with zero attached hydrogens (tertiary/aromatic N) is 2. The van der Waals surface area contributed by atoms with Crippen LogP contribution in [0.3, 0.4) is 0 Å². The van der Waals surface area contributed by atoms with Gasteiger partial charge in [-0.3, -0.25) is 4.79 Å². The van der Waals surface area contributed by atoms with Gasteiger partial charge in [0, 0.05) is 46.3 Å². The Kier molecular flexibility index (Phi) is 8.54. The van der Waals surface area contributed by atoms with Crippen molar-refractivity contribution in [2.75, 3.05) is 14.2 Å². The van der Waals surface area contributed by atoms with E-state index in [4.69, 9.17) is 27.9 Å². The van der Waals surface area contributed by atoms with E-state index in [-0.39, 0.29) is 18.0 Å². The van der Waals surface area contributed by atoms with Gasteiger partial charge in [-0.15, -0.1) is 11.3 Å². The van der Waals surface area contributed by atoms with Crippen LogP contribution in [0.1, 0.15) is 40.9 Å². The molecule has 1 fully saturated rings. The first-order valence-corrected chi connectivity index (χ1v) is 14.7. The Balaban J connectivity index is 1.50. The van der Waals surface area contributed by atoms with E-state index in [0.29, 0.717) is 52.9 Å². The van der Waals surface area contributed by atoms with Gasteiger partial charge in [0.2, 0.25) is 0 Å². The molecule has 0 radical (unpaired) electrons. The number of methoxy groups -OCH3 is 1. The number of hydrogen-bond donors (Lipinski definition) is 1. The molecule has 4 aromatic rings. The molecule has 0 unspecified atom stereocenters. The lowest BCUT2D eigenvalue weighted by Crippen LogP contribution is -2.46. The number of hydrogen-bond acceptors (Lipinski definition) is 4. The van der Waals surface area contributed by atoms with Crippen molar-refractivity contribution in [3.63, 3.8) is 0 Å². The maximum absolute atomic E-state index is 14.2. The highest BCUT2D eigenvalue weighted by Crippen LogP contribution is 2.38. The van der Waals surface area contributed by atoms with Gasteiger partial charge in [-0.05, 0) is 67.1 Å². The molecule has 1 N–H and O–H groups in total. The third kappa shape index (κ3) is 5.78. The van der Waals surface area contributed by atoms with E-state index < -0.39 is 6.09 Å². The first-order chi connectivity index (χ1) is 19.3. The molecule has 3 aromatic carbocycles. The van der Waals surface area contributed by atoms with E-state index in [1.165, 1.54) is 16.2 Å². The monoisotopic (exact) mass is 596 g/mol. The summed E-state index contributed by atoms with van der Waals surface area (Å²) < 4.78 is 6.68. The number of benzene rings is 3. The number of carbonyl (C=O) groups is 2. The van der Waals surface area contributed by atoms with E-state index in [2.05, 4.69) is 6.07 Å². The van der Waals surface area contributed by atoms with Crippen molar-refractivity contribution >= 4 is 56.6 Å². The van der Waals surface area contributed by atoms with Gasteiger partial charge in [0.05, 0.1) is 12.1 Å². The standard InChI is InChI=1S/C31H30Cl2N2O4S/c1-34(31(37)38)23-12-14-24(15-13-23)35(30(36)29-28(33)25-5-3-4-6-27(25)40-29)18-21-17-20(9-16-26(21)39-2)19-7-10-22(32)11-8-19/h3-11,16-17,23-24H,12-15,18H2,1-2H3,(H,37,38). The molecule has 0 atom stereocenters. The fraction of sp³-hybridized carbons (Fsp3) is 0.290. The lowest BCUT2D eigenvalue weighted by atomic mass is 9.89. The molecule has 208 valence electrons. The summed E-state index contributed by atoms with van der Waals surface area (Å²) in [5.74, 6) is 0.567. The van der Waals surface area contributed by atoms with Gasteiger partial charge in [0.15, 0.2) is 0 Å². The van der Waals surface area contributed by atoms with Crippen molar-refractivity contribution in [2.45, 2.75) is 44.3 Å². The van der Waals surface area contributed by atoms with Gasteiger partial charge in [0.25, 0.3) is 5.91 Å². The van der Waals surface area contributed by atoms with Crippen molar-refractivity contribution < 1.29 is 19.4 Å². The minimum atomic E-state index is -0.933. The number of carboxylic acid groups (broad SMARTS) is 1. The lowest BCUT2D eigenvalue weighted by molar-refractivity contribution is 0.0555. The summed E-state index contributed by atoms with van der Waals surface area (Å²) in [4.78, 5) is 29.6. The number of fused-ring (bicyclic) bond motifs is 1. The SMILES string of the molecule is COc1ccc(-c2ccc(Cl)cc2)cc1CN(C(=O)c1sc2ccccc2c1Cl)C1CCC(N(C)C(=O)O)CC1. The van der Waals surface area contributed by atoms with Gasteiger partial charge in [-0.25, -0.2) is 4.79 Å². The van der Waals surface area contributed by atoms with Crippen molar-refractivity contribution in [1.29, 1.82) is 0 Å². The van der Waals surface area contributed by atoms with Crippen LogP contribution in [0.5, 0.6) is 5.75 Å². The summed E-state index contributed by atoms with van der Waals surface area (Å²) in [6.07, 6.45) is 1.81. The number of rotatable bonds is 7. The molecular formula is C31H30Cl2N2O4S. The number of ether oxygens (including phenoxy) is 1. The van der Waals surface area contributed by atoms with E-state index in [0.717, 1.165) is 26.8 Å². The lowest BCUT2D eigenvalue weighted by Gasteiger charge is -2.39.